The van der Waals surface area contributed by atoms with Crippen LogP contribution in [0, 0.1) is 0 Å². The first-order valence-electron chi connectivity index (χ1n) is 11.1. The van der Waals surface area contributed by atoms with Gasteiger partial charge in [0.15, 0.2) is 11.5 Å². The van der Waals surface area contributed by atoms with Crippen LogP contribution in [0.3, 0.4) is 0 Å². The zero-order chi connectivity index (χ0) is 24.2. The number of hydrogen-bond donors (Lipinski definition) is 1. The van der Waals surface area contributed by atoms with Gasteiger partial charge in [0, 0.05) is 10.6 Å². The topological polar surface area (TPSA) is 92.6 Å². The number of nitrogens with zero attached hydrogens (tertiary/aromatic N) is 1. The first kappa shape index (κ1) is 24.1. The average Bonchev–Trinajstić information content (AvgIpc) is 3.12. The minimum absolute atomic E-state index is 0.0727. The number of quaternary nitrogens is 1. The monoisotopic (exact) mass is 486 g/mol. The number of morpholine rings is 1. The largest absolute Gasteiger partial charge is 0.872 e. The molecule has 0 aromatic heterocycles. The standard InChI is InChI=1S/C25H27ClN2O6/c1-32-19-8-5-17(15-20(19)33-2)22-21(23(29)16-3-6-18(26)7-4-16)24(30)25(31)28(22)10-9-27-11-13-34-14-12-27/h3-8,15,22,29H,9-14H2,1-2H3. The van der Waals surface area contributed by atoms with Crippen molar-refractivity contribution >= 4 is 29.1 Å². The second-order valence-electron chi connectivity index (χ2n) is 8.21. The predicted octanol–water partition coefficient (Wildman–Crippen LogP) is 0.496. The second kappa shape index (κ2) is 10.5. The fraction of sp³-hybridized carbons (Fsp3) is 0.360. The van der Waals surface area contributed by atoms with Crippen molar-refractivity contribution in [3.8, 4) is 11.5 Å². The highest BCUT2D eigenvalue weighted by molar-refractivity contribution is 6.46. The van der Waals surface area contributed by atoms with Gasteiger partial charge < -0.3 is 29.1 Å². The normalized spacial score (nSPS) is 20.6. The Morgan fingerprint density at radius 3 is 2.41 bits per heavy atom. The molecule has 2 aromatic rings. The fourth-order valence-corrected chi connectivity index (χ4v) is 4.54. The molecule has 8 nitrogen and oxygen atoms in total. The van der Waals surface area contributed by atoms with E-state index in [9.17, 15) is 14.7 Å². The summed E-state index contributed by atoms with van der Waals surface area (Å²) >= 11 is 5.97. The maximum absolute atomic E-state index is 13.5. The minimum Gasteiger partial charge on any atom is -0.872 e. The number of halogens is 1. The Morgan fingerprint density at radius 2 is 1.76 bits per heavy atom. The molecule has 0 saturated carbocycles. The molecule has 180 valence electrons. The molecule has 2 heterocycles. The van der Waals surface area contributed by atoms with E-state index >= 15 is 0 Å². The third kappa shape index (κ3) is 4.75. The molecule has 4 rings (SSSR count). The summed E-state index contributed by atoms with van der Waals surface area (Å²) in [6.07, 6.45) is 0. The molecule has 0 aliphatic carbocycles. The summed E-state index contributed by atoms with van der Waals surface area (Å²) in [6, 6.07) is 10.6. The van der Waals surface area contributed by atoms with Gasteiger partial charge in [0.2, 0.25) is 5.78 Å². The number of rotatable bonds is 7. The summed E-state index contributed by atoms with van der Waals surface area (Å²) in [5.41, 5.74) is 0.828. The number of methoxy groups -OCH3 is 2. The van der Waals surface area contributed by atoms with Gasteiger partial charge >= 0.3 is 0 Å². The highest BCUT2D eigenvalue weighted by atomic mass is 35.5. The number of ketones is 1. The summed E-state index contributed by atoms with van der Waals surface area (Å²) < 4.78 is 16.2. The molecule has 1 amide bonds. The Balaban J connectivity index is 1.77. The van der Waals surface area contributed by atoms with E-state index in [1.165, 1.54) is 24.0 Å². The molecule has 2 aliphatic rings. The van der Waals surface area contributed by atoms with Crippen molar-refractivity contribution in [3.63, 3.8) is 0 Å². The van der Waals surface area contributed by atoms with Crippen LogP contribution in [0.4, 0.5) is 0 Å². The summed E-state index contributed by atoms with van der Waals surface area (Å²) in [6.45, 7) is 3.96. The highest BCUT2D eigenvalue weighted by Crippen LogP contribution is 2.41. The highest BCUT2D eigenvalue weighted by Gasteiger charge is 2.44. The van der Waals surface area contributed by atoms with E-state index in [1.54, 1.807) is 42.5 Å². The number of likely N-dealkylation sites (tertiary alicyclic amines) is 1. The molecule has 1 N–H and O–H groups in total. The number of carbonyl (C=O) groups is 2. The molecular weight excluding hydrogens is 460 g/mol. The fourth-order valence-electron chi connectivity index (χ4n) is 4.42. The third-order valence-electron chi connectivity index (χ3n) is 6.27. The summed E-state index contributed by atoms with van der Waals surface area (Å²) in [7, 11) is 3.04. The molecule has 0 radical (unpaired) electrons. The quantitative estimate of drug-likeness (QED) is 0.348. The van der Waals surface area contributed by atoms with Crippen molar-refractivity contribution in [2.24, 2.45) is 0 Å². The number of nitrogens with one attached hydrogen (secondary N) is 1. The van der Waals surface area contributed by atoms with Crippen molar-refractivity contribution in [1.29, 1.82) is 0 Å². The number of Topliss-reactive ketones (excluding diaryl/α,β-unsaturated/α-hetero) is 1. The number of amides is 1. The first-order valence-corrected chi connectivity index (χ1v) is 11.5. The van der Waals surface area contributed by atoms with Crippen LogP contribution in [0.1, 0.15) is 17.2 Å². The van der Waals surface area contributed by atoms with Crippen molar-refractivity contribution in [3.05, 3.63) is 64.2 Å². The van der Waals surface area contributed by atoms with Crippen molar-refractivity contribution in [2.45, 2.75) is 6.04 Å². The zero-order valence-electron chi connectivity index (χ0n) is 19.1. The van der Waals surface area contributed by atoms with Crippen LogP contribution in [-0.4, -0.2) is 70.2 Å². The van der Waals surface area contributed by atoms with Crippen LogP contribution in [0.25, 0.3) is 5.76 Å². The lowest BCUT2D eigenvalue weighted by Gasteiger charge is -2.30. The molecule has 1 unspecified atom stereocenters. The molecule has 0 bridgehead atoms. The Bertz CT molecular complexity index is 1100. The number of carbonyl (C=O) groups excluding carboxylic acids is 2. The van der Waals surface area contributed by atoms with Crippen molar-refractivity contribution < 1.29 is 33.8 Å². The van der Waals surface area contributed by atoms with E-state index in [0.29, 0.717) is 54.0 Å². The molecule has 2 aromatic carbocycles. The molecule has 2 fully saturated rings. The number of hydrogen-bond acceptors (Lipinski definition) is 6. The molecular formula is C25H27ClN2O6. The Morgan fingerprint density at radius 1 is 1.09 bits per heavy atom. The third-order valence-corrected chi connectivity index (χ3v) is 6.52. The Kier molecular flexibility index (Phi) is 7.41. The second-order valence-corrected chi connectivity index (χ2v) is 8.64. The molecule has 2 saturated heterocycles. The SMILES string of the molecule is COc1ccc(C2C(=C([O-])c3ccc(Cl)cc3)C(=O)C(=O)N2CC[NH+]2CCOCC2)cc1OC. The molecule has 1 atom stereocenters. The molecule has 0 spiro atoms. The van der Waals surface area contributed by atoms with Gasteiger partial charge in [0.1, 0.15) is 13.1 Å². The van der Waals surface area contributed by atoms with Crippen molar-refractivity contribution in [1.82, 2.24) is 4.90 Å². The van der Waals surface area contributed by atoms with Gasteiger partial charge in [0.25, 0.3) is 5.91 Å². The Hall–Kier alpha value is -3.07. The average molecular weight is 487 g/mol. The van der Waals surface area contributed by atoms with Gasteiger partial charge in [0.05, 0.1) is 46.6 Å². The smallest absolute Gasteiger partial charge is 0.295 e. The summed E-state index contributed by atoms with van der Waals surface area (Å²) in [4.78, 5) is 29.1. The number of benzene rings is 2. The van der Waals surface area contributed by atoms with E-state index in [-0.39, 0.29) is 5.57 Å². The van der Waals surface area contributed by atoms with Crippen LogP contribution in [-0.2, 0) is 14.3 Å². The maximum atomic E-state index is 13.5. The van der Waals surface area contributed by atoms with Gasteiger partial charge in [-0.05, 0) is 35.4 Å². The van der Waals surface area contributed by atoms with Crippen LogP contribution in [0.5, 0.6) is 11.5 Å². The van der Waals surface area contributed by atoms with Gasteiger partial charge in [-0.25, -0.2) is 0 Å². The van der Waals surface area contributed by atoms with Gasteiger partial charge in [-0.2, -0.15) is 0 Å². The maximum Gasteiger partial charge on any atom is 0.295 e. The van der Waals surface area contributed by atoms with Crippen LogP contribution >= 0.6 is 11.6 Å². The predicted molar refractivity (Wildman–Crippen MR) is 124 cm³/mol. The van der Waals surface area contributed by atoms with E-state index in [2.05, 4.69) is 0 Å². The summed E-state index contributed by atoms with van der Waals surface area (Å²) in [5, 5.41) is 13.9. The molecule has 34 heavy (non-hydrogen) atoms. The van der Waals surface area contributed by atoms with E-state index in [0.717, 1.165) is 13.1 Å². The lowest BCUT2D eigenvalue weighted by molar-refractivity contribution is -0.907. The molecule has 2 aliphatic heterocycles. The lowest BCUT2D eigenvalue weighted by atomic mass is 9.95. The van der Waals surface area contributed by atoms with Gasteiger partial charge in [-0.3, -0.25) is 9.59 Å². The Labute approximate surface area is 203 Å². The van der Waals surface area contributed by atoms with Crippen LogP contribution in [0.2, 0.25) is 5.02 Å². The van der Waals surface area contributed by atoms with E-state index in [4.69, 9.17) is 25.8 Å². The van der Waals surface area contributed by atoms with E-state index < -0.39 is 23.5 Å². The molecule has 9 heteroatoms. The van der Waals surface area contributed by atoms with Crippen LogP contribution in [0.15, 0.2) is 48.0 Å². The van der Waals surface area contributed by atoms with Crippen molar-refractivity contribution in [2.75, 3.05) is 53.6 Å². The van der Waals surface area contributed by atoms with Crippen LogP contribution < -0.4 is 19.5 Å². The zero-order valence-corrected chi connectivity index (χ0v) is 19.9. The first-order chi connectivity index (χ1) is 16.4. The van der Waals surface area contributed by atoms with Gasteiger partial charge in [-0.15, -0.1) is 0 Å². The minimum atomic E-state index is -0.830. The number of ether oxygens (including phenoxy) is 3. The van der Waals surface area contributed by atoms with E-state index in [1.807, 2.05) is 0 Å². The summed E-state index contributed by atoms with van der Waals surface area (Å²) in [5.74, 6) is -0.988. The lowest BCUT2D eigenvalue weighted by Crippen LogP contribution is -3.14. The van der Waals surface area contributed by atoms with Gasteiger partial charge in [-0.1, -0.05) is 35.6 Å².